The van der Waals surface area contributed by atoms with Crippen LogP contribution in [0, 0.1) is 0 Å². The molecule has 0 aromatic heterocycles. The van der Waals surface area contributed by atoms with Gasteiger partial charge in [0.15, 0.2) is 4.30 Å². The van der Waals surface area contributed by atoms with Crippen LogP contribution < -0.4 is 0 Å². The quantitative estimate of drug-likeness (QED) is 0.433. The van der Waals surface area contributed by atoms with Crippen molar-refractivity contribution in [2.24, 2.45) is 0 Å². The van der Waals surface area contributed by atoms with E-state index in [1.54, 1.807) is 0 Å². The Kier molecular flexibility index (Phi) is 1.64. The summed E-state index contributed by atoms with van der Waals surface area (Å²) in [5, 5.41) is 0. The molecule has 3 heteroatoms. The van der Waals surface area contributed by atoms with Crippen molar-refractivity contribution in [1.82, 2.24) is 0 Å². The molecule has 0 aromatic carbocycles. The Labute approximate surface area is 42.7 Å². The summed E-state index contributed by atoms with van der Waals surface area (Å²) in [6, 6.07) is 0. The lowest BCUT2D eigenvalue weighted by Crippen LogP contribution is -1.55. The Morgan fingerprint density at radius 2 is 1.50 bits per heavy atom. The summed E-state index contributed by atoms with van der Waals surface area (Å²) in [6.45, 7) is 0. The molecule has 0 heterocycles. The van der Waals surface area contributed by atoms with Crippen LogP contribution in [0.5, 0.6) is 0 Å². The fourth-order valence-electron chi connectivity index (χ4n) is 0. The average molecular weight is 123 g/mol. The summed E-state index contributed by atoms with van der Waals surface area (Å²) in [4.78, 5) is 0. The first kappa shape index (κ1) is 3.08. The van der Waals surface area contributed by atoms with Gasteiger partial charge in [-0.25, -0.2) is 0 Å². The van der Waals surface area contributed by atoms with Crippen molar-refractivity contribution in [3.05, 3.63) is 0 Å². The summed E-state index contributed by atoms with van der Waals surface area (Å²) in [5.41, 5.74) is 0. The predicted octanol–water partition coefficient (Wildman–Crippen LogP) is 2.23. The highest BCUT2D eigenvalue weighted by atomic mass is 35.6. The Hall–Kier alpha value is 0.870. The third kappa shape index (κ3) is 13.3. The summed E-state index contributed by atoms with van der Waals surface area (Å²) >= 11 is 14.4. The fraction of sp³-hybridized carbons (Fsp3) is 1.00. The molecule has 0 N–H and O–H groups in total. The van der Waals surface area contributed by atoms with Gasteiger partial charge < -0.3 is 0 Å². The van der Waals surface area contributed by atoms with E-state index in [9.17, 15) is 0 Å². The van der Waals surface area contributed by atoms with Gasteiger partial charge in [0.25, 0.3) is 0 Å². The molecule has 0 rings (SSSR count). The lowest BCUT2D eigenvalue weighted by molar-refractivity contribution is 1.96. The first-order valence-electron chi connectivity index (χ1n) is 1.65. The molecule has 0 aliphatic rings. The van der Waals surface area contributed by atoms with Crippen LogP contribution in [0.2, 0.25) is 0 Å². The second-order valence-electron chi connectivity index (χ2n) is 0.247. The lowest BCUT2D eigenvalue weighted by atomic mass is 11.9. The highest BCUT2D eigenvalue weighted by molar-refractivity contribution is 6.63. The number of rotatable bonds is 0. The van der Waals surface area contributed by atoms with Gasteiger partial charge in [-0.1, -0.05) is 34.8 Å². The molecule has 0 unspecified atom stereocenters. The van der Waals surface area contributed by atoms with Crippen LogP contribution in [0.4, 0.5) is 0 Å². The maximum atomic E-state index is 5.00. The predicted molar refractivity (Wildman–Crippen MR) is 23.5 cm³/mol. The minimum Gasteiger partial charge on any atom is -0.0874 e. The van der Waals surface area contributed by atoms with Crippen LogP contribution >= 0.6 is 34.8 Å². The Balaban J connectivity index is 0. The second kappa shape index (κ2) is 2.13. The van der Waals surface area contributed by atoms with Crippen molar-refractivity contribution in [2.45, 2.75) is 4.30 Å². The van der Waals surface area contributed by atoms with Crippen LogP contribution in [0.15, 0.2) is 0 Å². The highest BCUT2D eigenvalue weighted by Gasteiger charge is 1.78. The monoisotopic (exact) mass is 122 g/mol. The molecular formula is CH3Cl3. The van der Waals surface area contributed by atoms with Crippen molar-refractivity contribution in [3.63, 3.8) is 0 Å². The third-order valence-corrected chi connectivity index (χ3v) is 0. The van der Waals surface area contributed by atoms with E-state index in [1.165, 1.54) is 0 Å². The maximum Gasteiger partial charge on any atom is 0.180 e. The Morgan fingerprint density at radius 1 is 1.50 bits per heavy atom. The van der Waals surface area contributed by atoms with Crippen molar-refractivity contribution in [2.75, 3.05) is 0 Å². The zero-order valence-electron chi connectivity index (χ0n) is 3.71. The van der Waals surface area contributed by atoms with Gasteiger partial charge in [-0.2, -0.15) is 0 Å². The molecular weight excluding hydrogens is 118 g/mol. The van der Waals surface area contributed by atoms with Gasteiger partial charge in [-0.05, 0) is 0 Å². The van der Waals surface area contributed by atoms with E-state index in [2.05, 4.69) is 0 Å². The molecule has 0 aromatic rings. The Bertz CT molecular complexity index is 13.5. The van der Waals surface area contributed by atoms with E-state index in [0.29, 0.717) is 0 Å². The topological polar surface area (TPSA) is 0 Å². The first-order chi connectivity index (χ1) is 2.73. The smallest absolute Gasteiger partial charge is 0.0874 e. The van der Waals surface area contributed by atoms with Crippen LogP contribution in [0.25, 0.3) is 0 Å². The summed E-state index contributed by atoms with van der Waals surface area (Å²) in [6.07, 6.45) is 0. The van der Waals surface area contributed by atoms with Crippen LogP contribution in [0.3, 0.4) is 0 Å². The van der Waals surface area contributed by atoms with E-state index < -0.39 is 4.30 Å². The maximum absolute atomic E-state index is 5.00. The van der Waals surface area contributed by atoms with Crippen molar-refractivity contribution < 1.29 is 2.97 Å². The molecule has 0 saturated heterocycles. The normalized spacial score (nSPS) is 11.0. The molecule has 0 radical (unpaired) electrons. The van der Waals surface area contributed by atoms with E-state index >= 15 is 0 Å². The van der Waals surface area contributed by atoms with Gasteiger partial charge in [-0.3, -0.25) is 0 Å². The molecule has 0 spiro atoms. The van der Waals surface area contributed by atoms with Crippen molar-refractivity contribution >= 4 is 34.8 Å². The number of hydrogen-bond donors (Lipinski definition) is 0. The molecule has 0 nitrogen and oxygen atoms in total. The Morgan fingerprint density at radius 3 is 1.50 bits per heavy atom. The SMILES string of the molecule is ClC(Cl)Cl.[2H][2H]. The molecule has 0 aliphatic carbocycles. The largest absolute Gasteiger partial charge is 0.180 e. The lowest BCUT2D eigenvalue weighted by Gasteiger charge is -1.69. The summed E-state index contributed by atoms with van der Waals surface area (Å²) in [5.74, 6) is 0. The summed E-state index contributed by atoms with van der Waals surface area (Å²) in [7, 11) is 0. The molecule has 0 aliphatic heterocycles. The summed E-state index contributed by atoms with van der Waals surface area (Å²) < 4.78 is 9.25. The molecule has 0 fully saturated rings. The standard InChI is InChI=1S/CHCl3.H2/c2-1(3)4;/h1H;1H/i;1+1D. The number of halogens is 3. The average Bonchev–Trinajstić information content (AvgIpc) is 1.41. The first-order valence-corrected chi connectivity index (χ1v) is 1.96. The molecule has 0 atom stereocenters. The minimum absolute atomic E-state index is 0.750. The van der Waals surface area contributed by atoms with Crippen LogP contribution in [0.1, 0.15) is 2.97 Å². The van der Waals surface area contributed by atoms with Crippen LogP contribution in [-0.2, 0) is 0 Å². The molecule has 0 amide bonds. The van der Waals surface area contributed by atoms with Gasteiger partial charge in [0.1, 0.15) is 0 Å². The van der Waals surface area contributed by atoms with Crippen molar-refractivity contribution in [1.29, 1.82) is 0 Å². The zero-order valence-corrected chi connectivity index (χ0v) is 3.98. The van der Waals surface area contributed by atoms with Gasteiger partial charge in [0, 0.05) is 2.97 Å². The van der Waals surface area contributed by atoms with E-state index in [4.69, 9.17) is 37.8 Å². The van der Waals surface area contributed by atoms with Gasteiger partial charge in [-0.15, -0.1) is 0 Å². The second-order valence-corrected chi connectivity index (χ2v) is 2.23. The number of hydrogen-bond acceptors (Lipinski definition) is 0. The number of alkyl halides is 3. The van der Waals surface area contributed by atoms with Gasteiger partial charge >= 0.3 is 0 Å². The van der Waals surface area contributed by atoms with E-state index in [-0.39, 0.29) is 0 Å². The minimum atomic E-state index is -0.750. The molecule has 0 saturated carbocycles. The van der Waals surface area contributed by atoms with E-state index in [0.717, 1.165) is 0 Å². The fourth-order valence-corrected chi connectivity index (χ4v) is 0. The molecule has 28 valence electrons. The van der Waals surface area contributed by atoms with E-state index in [1.807, 2.05) is 0 Å². The van der Waals surface area contributed by atoms with Gasteiger partial charge in [0.05, 0.1) is 0 Å². The van der Waals surface area contributed by atoms with Crippen molar-refractivity contribution in [3.8, 4) is 0 Å². The third-order valence-electron chi connectivity index (χ3n) is 0. The van der Waals surface area contributed by atoms with Gasteiger partial charge in [0.2, 0.25) is 0 Å². The zero-order chi connectivity index (χ0) is 5.58. The molecule has 4 heavy (non-hydrogen) atoms. The van der Waals surface area contributed by atoms with Crippen LogP contribution in [-0.4, -0.2) is 4.30 Å². The highest BCUT2D eigenvalue weighted by Crippen LogP contribution is 2.03. The molecule has 0 bridgehead atoms.